The van der Waals surface area contributed by atoms with E-state index in [1.807, 2.05) is 0 Å². The normalized spacial score (nSPS) is 15.3. The summed E-state index contributed by atoms with van der Waals surface area (Å²) < 4.78 is 8.56. The fourth-order valence-electron chi connectivity index (χ4n) is 3.27. The minimum absolute atomic E-state index is 1.25. The predicted octanol–water partition coefficient (Wildman–Crippen LogP) is 6.88. The van der Waals surface area contributed by atoms with Crippen molar-refractivity contribution in [2.75, 3.05) is 0 Å². The van der Waals surface area contributed by atoms with Crippen molar-refractivity contribution in [2.45, 2.75) is 98.3 Å². The molecule has 0 saturated carbocycles. The molecule has 0 nitrogen and oxygen atoms in total. The van der Waals surface area contributed by atoms with Crippen LogP contribution in [0, 0.1) is 9.86 Å². The molecule has 0 amide bonds. The predicted molar refractivity (Wildman–Crippen MR) is 99.2 cm³/mol. The fourth-order valence-corrected chi connectivity index (χ4v) is 16.5. The molecule has 21 heavy (non-hydrogen) atoms. The zero-order valence-electron chi connectivity index (χ0n) is 14.8. The van der Waals surface area contributed by atoms with Crippen LogP contribution in [-0.4, -0.2) is 18.4 Å². The molecule has 0 aromatic heterocycles. The van der Waals surface area contributed by atoms with Crippen LogP contribution >= 0.6 is 0 Å². The van der Waals surface area contributed by atoms with E-state index in [1.54, 1.807) is 0 Å². The number of hydrogen-bond donors (Lipinski definition) is 0. The van der Waals surface area contributed by atoms with Crippen molar-refractivity contribution in [1.29, 1.82) is 0 Å². The monoisotopic (exact) mass is 396 g/mol. The van der Waals surface area contributed by atoms with Gasteiger partial charge in [-0.2, -0.15) is 0 Å². The van der Waals surface area contributed by atoms with E-state index in [4.69, 9.17) is 0 Å². The van der Waals surface area contributed by atoms with Gasteiger partial charge < -0.3 is 0 Å². The quantitative estimate of drug-likeness (QED) is 0.295. The molecule has 0 bridgehead atoms. The van der Waals surface area contributed by atoms with Gasteiger partial charge in [0.05, 0.1) is 0 Å². The molecule has 0 aliphatic heterocycles. The third-order valence-corrected chi connectivity index (χ3v) is 17.9. The maximum absolute atomic E-state index is 4.00. The van der Waals surface area contributed by atoms with Crippen molar-refractivity contribution >= 4 is 18.4 Å². The van der Waals surface area contributed by atoms with E-state index in [0.717, 1.165) is 0 Å². The van der Waals surface area contributed by atoms with Crippen LogP contribution in [-0.2, 0) is 0 Å². The Hall–Kier alpha value is 0.0987. The average Bonchev–Trinajstić information content (AvgIpc) is 2.54. The van der Waals surface area contributed by atoms with E-state index in [0.29, 0.717) is 0 Å². The summed E-state index contributed by atoms with van der Waals surface area (Å²) in [4.78, 5) is 0. The average molecular weight is 395 g/mol. The molecule has 0 spiro atoms. The van der Waals surface area contributed by atoms with Gasteiger partial charge in [0.2, 0.25) is 0 Å². The third-order valence-electron chi connectivity index (χ3n) is 4.81. The molecule has 0 fully saturated rings. The van der Waals surface area contributed by atoms with Gasteiger partial charge in [0.1, 0.15) is 0 Å². The van der Waals surface area contributed by atoms with Crippen LogP contribution in [0.1, 0.15) is 85.0 Å². The molecule has 1 rings (SSSR count). The Morgan fingerprint density at radius 3 is 1.90 bits per heavy atom. The van der Waals surface area contributed by atoms with Crippen LogP contribution < -0.4 is 0 Å². The van der Waals surface area contributed by atoms with Crippen molar-refractivity contribution in [1.82, 2.24) is 0 Å². The SMILES string of the molecule is CCC[CH2][Sn]([C]#CC1=CCCCC1)([CH2]CCC)[CH2]CCC. The van der Waals surface area contributed by atoms with E-state index >= 15 is 0 Å². The van der Waals surface area contributed by atoms with E-state index in [9.17, 15) is 0 Å². The maximum atomic E-state index is 4.00. The van der Waals surface area contributed by atoms with Gasteiger partial charge in [0, 0.05) is 0 Å². The van der Waals surface area contributed by atoms with Crippen LogP contribution in [0.4, 0.5) is 0 Å². The Morgan fingerprint density at radius 1 is 0.905 bits per heavy atom. The van der Waals surface area contributed by atoms with Gasteiger partial charge in [-0.15, -0.1) is 0 Å². The Morgan fingerprint density at radius 2 is 1.48 bits per heavy atom. The zero-order valence-corrected chi connectivity index (χ0v) is 17.6. The summed E-state index contributed by atoms with van der Waals surface area (Å²) in [6.07, 6.45) is 16.0. The number of rotatable bonds is 9. The first-order valence-electron chi connectivity index (χ1n) is 9.48. The Kier molecular flexibility index (Phi) is 10.6. The van der Waals surface area contributed by atoms with Gasteiger partial charge in [-0.25, -0.2) is 0 Å². The second kappa shape index (κ2) is 11.6. The van der Waals surface area contributed by atoms with E-state index in [2.05, 4.69) is 36.7 Å². The molecule has 1 aliphatic rings. The molecule has 1 heteroatoms. The summed E-state index contributed by atoms with van der Waals surface area (Å²) in [6, 6.07) is 0. The van der Waals surface area contributed by atoms with Crippen molar-refractivity contribution in [3.8, 4) is 9.86 Å². The Labute approximate surface area is 138 Å². The molecule has 0 aromatic rings. The summed E-state index contributed by atoms with van der Waals surface area (Å²) in [7, 11) is 0. The molecule has 0 radical (unpaired) electrons. The van der Waals surface area contributed by atoms with Gasteiger partial charge in [-0.05, 0) is 0 Å². The summed E-state index contributed by atoms with van der Waals surface area (Å²) in [5, 5.41) is 0. The second-order valence-corrected chi connectivity index (χ2v) is 19.1. The van der Waals surface area contributed by atoms with Gasteiger partial charge in [-0.3, -0.25) is 0 Å². The molecule has 0 N–H and O–H groups in total. The van der Waals surface area contributed by atoms with Crippen LogP contribution in [0.15, 0.2) is 11.6 Å². The fraction of sp³-hybridized carbons (Fsp3) is 0.800. The van der Waals surface area contributed by atoms with Crippen molar-refractivity contribution < 1.29 is 0 Å². The van der Waals surface area contributed by atoms with Crippen LogP contribution in [0.5, 0.6) is 0 Å². The molecule has 0 unspecified atom stereocenters. The van der Waals surface area contributed by atoms with Gasteiger partial charge in [0.25, 0.3) is 0 Å². The van der Waals surface area contributed by atoms with Crippen LogP contribution in [0.2, 0.25) is 13.3 Å². The molecule has 0 atom stereocenters. The molecule has 120 valence electrons. The van der Waals surface area contributed by atoms with Crippen molar-refractivity contribution in [3.05, 3.63) is 11.6 Å². The summed E-state index contributed by atoms with van der Waals surface area (Å²) in [6.45, 7) is 7.02. The molecule has 0 aromatic carbocycles. The summed E-state index contributed by atoms with van der Waals surface area (Å²) in [5.74, 6) is 3.69. The Balaban J connectivity index is 2.83. The van der Waals surface area contributed by atoms with Crippen molar-refractivity contribution in [2.24, 2.45) is 0 Å². The Bertz CT molecular complexity index is 334. The number of allylic oxidation sites excluding steroid dienone is 2. The topological polar surface area (TPSA) is 0 Å². The van der Waals surface area contributed by atoms with Crippen molar-refractivity contribution in [3.63, 3.8) is 0 Å². The van der Waals surface area contributed by atoms with Crippen LogP contribution in [0.25, 0.3) is 0 Å². The minimum atomic E-state index is -2.19. The molecule has 0 heterocycles. The number of hydrogen-bond acceptors (Lipinski definition) is 0. The molecule has 1 aliphatic carbocycles. The standard InChI is InChI=1S/C8H9.3C4H9.Sn/c1-2-8-6-4-3-5-7-8;3*1-3-4-2;/h6H,3-5,7H2;3*1,3-4H2,2H3;. The van der Waals surface area contributed by atoms with Crippen LogP contribution in [0.3, 0.4) is 0 Å². The molecular formula is C20H36Sn. The van der Waals surface area contributed by atoms with E-state index in [-0.39, 0.29) is 0 Å². The number of unbranched alkanes of at least 4 members (excludes halogenated alkanes) is 3. The van der Waals surface area contributed by atoms with Gasteiger partial charge in [-0.1, -0.05) is 0 Å². The summed E-state index contributed by atoms with van der Waals surface area (Å²) in [5.41, 5.74) is 1.48. The first-order chi connectivity index (χ1) is 10.3. The summed E-state index contributed by atoms with van der Waals surface area (Å²) >= 11 is -2.19. The van der Waals surface area contributed by atoms with E-state index in [1.165, 1.54) is 83.1 Å². The van der Waals surface area contributed by atoms with Gasteiger partial charge >= 0.3 is 138 Å². The van der Waals surface area contributed by atoms with Gasteiger partial charge in [0.15, 0.2) is 0 Å². The first kappa shape index (κ1) is 19.1. The zero-order chi connectivity index (χ0) is 15.4. The van der Waals surface area contributed by atoms with E-state index < -0.39 is 18.4 Å². The third kappa shape index (κ3) is 7.78. The molecule has 0 saturated heterocycles. The first-order valence-corrected chi connectivity index (χ1v) is 17.0. The molecular weight excluding hydrogens is 359 g/mol. The second-order valence-electron chi connectivity index (χ2n) is 6.82.